The van der Waals surface area contributed by atoms with Crippen molar-refractivity contribution < 1.29 is 4.42 Å². The van der Waals surface area contributed by atoms with Gasteiger partial charge in [0.25, 0.3) is 0 Å². The second-order valence-corrected chi connectivity index (χ2v) is 11.8. The smallest absolute Gasteiger partial charge is 0.145 e. The van der Waals surface area contributed by atoms with Crippen molar-refractivity contribution in [3.05, 3.63) is 133 Å². The van der Waals surface area contributed by atoms with E-state index in [1.807, 2.05) is 12.3 Å². The number of nitrogens with zero attached hydrogens (tertiary/aromatic N) is 3. The Morgan fingerprint density at radius 1 is 0.644 bits per heavy atom. The van der Waals surface area contributed by atoms with E-state index in [9.17, 15) is 0 Å². The highest BCUT2D eigenvalue weighted by molar-refractivity contribution is 6.24. The summed E-state index contributed by atoms with van der Waals surface area (Å²) in [4.78, 5) is 4.95. The average molecular weight is 582 g/mol. The molecule has 0 atom stereocenters. The molecule has 0 aliphatic rings. The lowest BCUT2D eigenvalue weighted by Crippen LogP contribution is -1.99. The number of para-hydroxylation sites is 2. The van der Waals surface area contributed by atoms with Crippen LogP contribution in [0.2, 0.25) is 0 Å². The predicted octanol–water partition coefficient (Wildman–Crippen LogP) is 11.4. The highest BCUT2D eigenvalue weighted by atomic mass is 16.3. The molecular formula is C41H31N3O. The Morgan fingerprint density at radius 2 is 1.38 bits per heavy atom. The van der Waals surface area contributed by atoms with Crippen LogP contribution in [0.3, 0.4) is 0 Å². The molecule has 0 radical (unpaired) electrons. The van der Waals surface area contributed by atoms with Crippen LogP contribution < -0.4 is 0 Å². The third-order valence-electron chi connectivity index (χ3n) is 9.11. The third-order valence-corrected chi connectivity index (χ3v) is 9.11. The molecule has 0 bridgehead atoms. The Kier molecular flexibility index (Phi) is 5.88. The minimum Gasteiger partial charge on any atom is -0.456 e. The molecule has 4 heterocycles. The van der Waals surface area contributed by atoms with Gasteiger partial charge in [-0.1, -0.05) is 80.4 Å². The molecule has 0 saturated carbocycles. The molecule has 0 aliphatic carbocycles. The zero-order valence-corrected chi connectivity index (χ0v) is 25.1. The van der Waals surface area contributed by atoms with Gasteiger partial charge in [-0.25, -0.2) is 4.98 Å². The molecular weight excluding hydrogens is 550 g/mol. The first-order chi connectivity index (χ1) is 22.3. The van der Waals surface area contributed by atoms with Crippen molar-refractivity contribution >= 4 is 71.8 Å². The number of rotatable bonds is 6. The van der Waals surface area contributed by atoms with E-state index in [1.54, 1.807) is 0 Å². The van der Waals surface area contributed by atoms with Gasteiger partial charge in [0.2, 0.25) is 0 Å². The number of allylic oxidation sites excluding steroid dienone is 1. The Hall–Kier alpha value is -5.61. The van der Waals surface area contributed by atoms with Gasteiger partial charge in [-0.2, -0.15) is 0 Å². The Labute approximate surface area is 260 Å². The summed E-state index contributed by atoms with van der Waals surface area (Å²) < 4.78 is 11.2. The summed E-state index contributed by atoms with van der Waals surface area (Å²) in [7, 11) is 0. The van der Waals surface area contributed by atoms with Gasteiger partial charge in [0.1, 0.15) is 16.8 Å². The molecule has 45 heavy (non-hydrogen) atoms. The van der Waals surface area contributed by atoms with Gasteiger partial charge in [0.05, 0.1) is 21.9 Å². The molecule has 0 fully saturated rings. The molecule has 9 rings (SSSR count). The normalized spacial score (nSPS) is 12.3. The summed E-state index contributed by atoms with van der Waals surface area (Å²) in [5.74, 6) is 0. The summed E-state index contributed by atoms with van der Waals surface area (Å²) in [6.07, 6.45) is 9.90. The van der Waals surface area contributed by atoms with Crippen LogP contribution in [0.1, 0.15) is 31.7 Å². The number of pyridine rings is 1. The number of fused-ring (bicyclic) bond motifs is 10. The van der Waals surface area contributed by atoms with Crippen LogP contribution in [0.25, 0.3) is 83.1 Å². The Morgan fingerprint density at radius 3 is 2.18 bits per heavy atom. The van der Waals surface area contributed by atoms with Crippen LogP contribution in [0, 0.1) is 0 Å². The zero-order valence-electron chi connectivity index (χ0n) is 25.1. The molecule has 216 valence electrons. The van der Waals surface area contributed by atoms with Gasteiger partial charge in [0, 0.05) is 44.5 Å². The number of unbranched alkanes of at least 4 members (excludes halogenated alkanes) is 2. The second-order valence-electron chi connectivity index (χ2n) is 11.8. The number of hydrogen-bond donors (Lipinski definition) is 0. The van der Waals surface area contributed by atoms with Crippen LogP contribution in [0.15, 0.2) is 132 Å². The third kappa shape index (κ3) is 3.95. The van der Waals surface area contributed by atoms with Crippen molar-refractivity contribution in [2.24, 2.45) is 0 Å². The van der Waals surface area contributed by atoms with Crippen LogP contribution in [0.5, 0.6) is 0 Å². The molecule has 5 aromatic carbocycles. The summed E-state index contributed by atoms with van der Waals surface area (Å²) in [5.41, 5.74) is 9.57. The standard InChI is InChI=1S/C41H31N3O/c1-2-3-4-5-12-27-20-22-37-34(25-27)39-38(45-37)23-21-32-33-17-11-24-42-41(33)44(40(32)39)29-14-10-13-28(26-29)43-35-18-8-6-15-30(35)31-16-7-9-19-36(31)43/h5-26H,2-4H2,1H3/b12-5+. The molecule has 0 amide bonds. The van der Waals surface area contributed by atoms with Crippen LogP contribution >= 0.6 is 0 Å². The largest absolute Gasteiger partial charge is 0.456 e. The fourth-order valence-corrected chi connectivity index (χ4v) is 7.08. The van der Waals surface area contributed by atoms with E-state index >= 15 is 0 Å². The van der Waals surface area contributed by atoms with Gasteiger partial charge in [-0.05, 0) is 78.7 Å². The van der Waals surface area contributed by atoms with Crippen molar-refractivity contribution in [1.82, 2.24) is 14.1 Å². The first-order valence-electron chi connectivity index (χ1n) is 15.8. The lowest BCUT2D eigenvalue weighted by atomic mass is 10.1. The van der Waals surface area contributed by atoms with Crippen LogP contribution in [0.4, 0.5) is 0 Å². The zero-order chi connectivity index (χ0) is 29.9. The second kappa shape index (κ2) is 10.2. The molecule has 0 unspecified atom stereocenters. The van der Waals surface area contributed by atoms with Crippen molar-refractivity contribution in [2.75, 3.05) is 0 Å². The van der Waals surface area contributed by atoms with E-state index in [0.29, 0.717) is 0 Å². The highest BCUT2D eigenvalue weighted by Crippen LogP contribution is 2.41. The van der Waals surface area contributed by atoms with Crippen molar-refractivity contribution in [3.8, 4) is 11.4 Å². The lowest BCUT2D eigenvalue weighted by Gasteiger charge is -2.12. The van der Waals surface area contributed by atoms with E-state index in [-0.39, 0.29) is 0 Å². The Bertz CT molecular complexity index is 2540. The van der Waals surface area contributed by atoms with Crippen molar-refractivity contribution in [1.29, 1.82) is 0 Å². The van der Waals surface area contributed by atoms with E-state index in [4.69, 9.17) is 9.40 Å². The maximum atomic E-state index is 6.46. The fourth-order valence-electron chi connectivity index (χ4n) is 7.08. The summed E-state index contributed by atoms with van der Waals surface area (Å²) in [6.45, 7) is 2.23. The summed E-state index contributed by atoms with van der Waals surface area (Å²) in [5, 5.41) is 7.04. The topological polar surface area (TPSA) is 35.9 Å². The van der Waals surface area contributed by atoms with Crippen LogP contribution in [-0.2, 0) is 0 Å². The molecule has 0 saturated heterocycles. The number of benzene rings is 5. The Balaban J connectivity index is 1.33. The number of hydrogen-bond acceptors (Lipinski definition) is 2. The first kappa shape index (κ1) is 25.8. The molecule has 4 nitrogen and oxygen atoms in total. The molecule has 4 aromatic heterocycles. The van der Waals surface area contributed by atoms with Gasteiger partial charge in [-0.3, -0.25) is 4.57 Å². The number of furan rings is 1. The fraction of sp³-hybridized carbons (Fsp3) is 0.0976. The minimum absolute atomic E-state index is 0.882. The van der Waals surface area contributed by atoms with Gasteiger partial charge < -0.3 is 8.98 Å². The molecule has 0 aliphatic heterocycles. The maximum absolute atomic E-state index is 6.46. The predicted molar refractivity (Wildman–Crippen MR) is 189 cm³/mol. The molecule has 0 spiro atoms. The lowest BCUT2D eigenvalue weighted by molar-refractivity contribution is 0.669. The molecule has 9 aromatic rings. The van der Waals surface area contributed by atoms with Gasteiger partial charge in [0.15, 0.2) is 0 Å². The SMILES string of the molecule is CCCC/C=C/c1ccc2oc3ccc4c5cccnc5n(-c5cccc(-n6c7ccccc7c7ccccc76)c5)c4c3c2c1. The van der Waals surface area contributed by atoms with Crippen molar-refractivity contribution in [2.45, 2.75) is 26.2 Å². The minimum atomic E-state index is 0.882. The maximum Gasteiger partial charge on any atom is 0.145 e. The monoisotopic (exact) mass is 581 g/mol. The molecule has 0 N–H and O–H groups in total. The highest BCUT2D eigenvalue weighted by Gasteiger charge is 2.20. The van der Waals surface area contributed by atoms with Gasteiger partial charge in [-0.15, -0.1) is 0 Å². The quantitative estimate of drug-likeness (QED) is 0.183. The van der Waals surface area contributed by atoms with Crippen LogP contribution in [-0.4, -0.2) is 14.1 Å². The van der Waals surface area contributed by atoms with E-state index < -0.39 is 0 Å². The van der Waals surface area contributed by atoms with E-state index in [2.05, 4.69) is 137 Å². The summed E-state index contributed by atoms with van der Waals surface area (Å²) in [6, 6.07) is 41.2. The average Bonchev–Trinajstić information content (AvgIpc) is 3.74. The van der Waals surface area contributed by atoms with Gasteiger partial charge >= 0.3 is 0 Å². The van der Waals surface area contributed by atoms with Crippen molar-refractivity contribution in [3.63, 3.8) is 0 Å². The number of aromatic nitrogens is 3. The molecule has 4 heteroatoms. The van der Waals surface area contributed by atoms with E-state index in [0.717, 1.165) is 56.3 Å². The van der Waals surface area contributed by atoms with E-state index in [1.165, 1.54) is 45.6 Å². The summed E-state index contributed by atoms with van der Waals surface area (Å²) >= 11 is 0. The first-order valence-corrected chi connectivity index (χ1v) is 15.8.